The van der Waals surface area contributed by atoms with Gasteiger partial charge >= 0.3 is 0 Å². The van der Waals surface area contributed by atoms with Gasteiger partial charge in [-0.25, -0.2) is 8.42 Å². The van der Waals surface area contributed by atoms with Gasteiger partial charge in [0.25, 0.3) is 15.9 Å². The van der Waals surface area contributed by atoms with Gasteiger partial charge in [0.1, 0.15) is 4.90 Å². The first-order valence-electron chi connectivity index (χ1n) is 7.95. The molecule has 140 valence electrons. The summed E-state index contributed by atoms with van der Waals surface area (Å²) in [4.78, 5) is 12.1. The van der Waals surface area contributed by atoms with E-state index < -0.39 is 10.0 Å². The Morgan fingerprint density at radius 1 is 1.12 bits per heavy atom. The number of rotatable bonds is 6. The van der Waals surface area contributed by atoms with Crippen molar-refractivity contribution in [2.75, 3.05) is 17.9 Å². The average molecular weight is 415 g/mol. The van der Waals surface area contributed by atoms with E-state index in [-0.39, 0.29) is 27.3 Å². The molecular formula is C18H20Cl2N2O3S. The van der Waals surface area contributed by atoms with Gasteiger partial charge in [0.15, 0.2) is 0 Å². The summed E-state index contributed by atoms with van der Waals surface area (Å²) in [5.41, 5.74) is 0.665. The number of anilines is 1. The average Bonchev–Trinajstić information content (AvgIpc) is 2.59. The van der Waals surface area contributed by atoms with Crippen molar-refractivity contribution in [1.29, 1.82) is 0 Å². The third kappa shape index (κ3) is 4.69. The molecule has 0 spiro atoms. The molecule has 0 aromatic heterocycles. The Hall–Kier alpha value is -1.76. The van der Waals surface area contributed by atoms with E-state index >= 15 is 0 Å². The molecule has 1 amide bonds. The normalized spacial score (nSPS) is 11.5. The molecule has 2 rings (SSSR count). The van der Waals surface area contributed by atoms with Gasteiger partial charge in [-0.1, -0.05) is 37.0 Å². The number of carbonyl (C=O) groups excluding carboxylic acids is 1. The van der Waals surface area contributed by atoms with E-state index in [0.29, 0.717) is 17.3 Å². The van der Waals surface area contributed by atoms with Crippen molar-refractivity contribution in [3.8, 4) is 0 Å². The molecule has 0 radical (unpaired) electrons. The Morgan fingerprint density at radius 2 is 1.73 bits per heavy atom. The summed E-state index contributed by atoms with van der Waals surface area (Å²) < 4.78 is 27.0. The van der Waals surface area contributed by atoms with Crippen molar-refractivity contribution in [2.45, 2.75) is 18.7 Å². The van der Waals surface area contributed by atoms with Crippen molar-refractivity contribution in [1.82, 2.24) is 5.32 Å². The van der Waals surface area contributed by atoms with Crippen LogP contribution in [0.3, 0.4) is 0 Å². The predicted octanol–water partition coefficient (Wildman–Crippen LogP) is 4.20. The minimum Gasteiger partial charge on any atom is -0.352 e. The fourth-order valence-electron chi connectivity index (χ4n) is 2.18. The number of hydrogen-bond acceptors (Lipinski definition) is 3. The minimum atomic E-state index is -3.94. The highest BCUT2D eigenvalue weighted by molar-refractivity contribution is 7.93. The van der Waals surface area contributed by atoms with Gasteiger partial charge in [-0.05, 0) is 48.4 Å². The van der Waals surface area contributed by atoms with Gasteiger partial charge in [0.05, 0.1) is 10.7 Å². The quantitative estimate of drug-likeness (QED) is 0.769. The Kier molecular flexibility index (Phi) is 6.55. The molecule has 0 saturated heterocycles. The zero-order valence-corrected chi connectivity index (χ0v) is 17.0. The summed E-state index contributed by atoms with van der Waals surface area (Å²) >= 11 is 12.0. The molecule has 26 heavy (non-hydrogen) atoms. The lowest BCUT2D eigenvalue weighted by molar-refractivity contribution is 0.0949. The van der Waals surface area contributed by atoms with Gasteiger partial charge < -0.3 is 5.32 Å². The maximum absolute atomic E-state index is 13.0. The Bertz CT molecular complexity index is 897. The number of hydrogen-bond donors (Lipinski definition) is 1. The summed E-state index contributed by atoms with van der Waals surface area (Å²) in [5.74, 6) is -0.0635. The number of amides is 1. The Balaban J connectivity index is 2.37. The molecule has 1 N–H and O–H groups in total. The lowest BCUT2D eigenvalue weighted by Gasteiger charge is -2.20. The molecule has 0 aliphatic carbocycles. The van der Waals surface area contributed by atoms with Crippen LogP contribution in [0.1, 0.15) is 24.2 Å². The van der Waals surface area contributed by atoms with Crippen LogP contribution in [0.25, 0.3) is 0 Å². The maximum atomic E-state index is 13.0. The number of nitrogens with one attached hydrogen (secondary N) is 1. The van der Waals surface area contributed by atoms with Crippen LogP contribution < -0.4 is 9.62 Å². The monoisotopic (exact) mass is 414 g/mol. The number of nitrogens with zero attached hydrogens (tertiary/aromatic N) is 1. The first-order chi connectivity index (χ1) is 12.1. The van der Waals surface area contributed by atoms with E-state index in [1.165, 1.54) is 25.2 Å². The van der Waals surface area contributed by atoms with E-state index in [1.807, 2.05) is 13.8 Å². The largest absolute Gasteiger partial charge is 0.352 e. The van der Waals surface area contributed by atoms with Crippen molar-refractivity contribution in [2.24, 2.45) is 5.92 Å². The highest BCUT2D eigenvalue weighted by Gasteiger charge is 2.25. The molecule has 0 fully saturated rings. The first kappa shape index (κ1) is 20.6. The van der Waals surface area contributed by atoms with Crippen molar-refractivity contribution in [3.63, 3.8) is 0 Å². The molecule has 0 saturated carbocycles. The molecule has 0 unspecified atom stereocenters. The fraction of sp³-hybridized carbons (Fsp3) is 0.278. The molecule has 0 aliphatic rings. The van der Waals surface area contributed by atoms with E-state index in [9.17, 15) is 13.2 Å². The smallest absolute Gasteiger partial charge is 0.265 e. The van der Waals surface area contributed by atoms with Crippen LogP contribution in [0.5, 0.6) is 0 Å². The van der Waals surface area contributed by atoms with Crippen molar-refractivity contribution >= 4 is 44.8 Å². The summed E-state index contributed by atoms with van der Waals surface area (Å²) in [7, 11) is -2.53. The van der Waals surface area contributed by atoms with Crippen LogP contribution in [-0.2, 0) is 10.0 Å². The first-order valence-corrected chi connectivity index (χ1v) is 10.1. The molecule has 0 atom stereocenters. The van der Waals surface area contributed by atoms with E-state index in [0.717, 1.165) is 4.31 Å². The molecule has 8 heteroatoms. The predicted molar refractivity (Wildman–Crippen MR) is 106 cm³/mol. The number of carbonyl (C=O) groups is 1. The third-order valence-electron chi connectivity index (χ3n) is 3.69. The lowest BCUT2D eigenvalue weighted by atomic mass is 10.2. The van der Waals surface area contributed by atoms with Crippen LogP contribution in [0.2, 0.25) is 10.0 Å². The third-order valence-corrected chi connectivity index (χ3v) is 6.21. The molecular weight excluding hydrogens is 395 g/mol. The number of sulfonamides is 1. The highest BCUT2D eigenvalue weighted by Crippen LogP contribution is 2.29. The summed E-state index contributed by atoms with van der Waals surface area (Å²) in [5, 5.41) is 3.31. The summed E-state index contributed by atoms with van der Waals surface area (Å²) in [6.07, 6.45) is 0. The van der Waals surface area contributed by atoms with Gasteiger partial charge in [-0.3, -0.25) is 9.10 Å². The lowest BCUT2D eigenvalue weighted by Crippen LogP contribution is -2.29. The minimum absolute atomic E-state index is 0.0474. The van der Waals surface area contributed by atoms with Crippen molar-refractivity contribution in [3.05, 3.63) is 58.1 Å². The zero-order valence-electron chi connectivity index (χ0n) is 14.7. The molecule has 2 aromatic carbocycles. The van der Waals surface area contributed by atoms with Crippen LogP contribution in [0, 0.1) is 5.92 Å². The second-order valence-electron chi connectivity index (χ2n) is 6.20. The SMILES string of the molecule is CC(C)CNC(=O)c1ccc(Cl)c(S(=O)(=O)N(C)c2ccc(Cl)cc2)c1. The summed E-state index contributed by atoms with van der Waals surface area (Å²) in [6, 6.07) is 10.6. The molecule has 2 aromatic rings. The van der Waals surface area contributed by atoms with Crippen LogP contribution in [0.15, 0.2) is 47.4 Å². The van der Waals surface area contributed by atoms with E-state index in [1.54, 1.807) is 24.3 Å². The zero-order chi connectivity index (χ0) is 19.5. The number of halogens is 2. The molecule has 0 bridgehead atoms. The van der Waals surface area contributed by atoms with Gasteiger partial charge in [0.2, 0.25) is 0 Å². The number of benzene rings is 2. The molecule has 5 nitrogen and oxygen atoms in total. The molecule has 0 aliphatic heterocycles. The second kappa shape index (κ2) is 8.29. The maximum Gasteiger partial charge on any atom is 0.265 e. The van der Waals surface area contributed by atoms with Crippen molar-refractivity contribution < 1.29 is 13.2 Å². The Morgan fingerprint density at radius 3 is 2.31 bits per heavy atom. The van der Waals surface area contributed by atoms with Crippen LogP contribution in [-0.4, -0.2) is 27.9 Å². The summed E-state index contributed by atoms with van der Waals surface area (Å²) in [6.45, 7) is 4.44. The Labute approximate surface area is 164 Å². The topological polar surface area (TPSA) is 66.5 Å². The van der Waals surface area contributed by atoms with E-state index in [4.69, 9.17) is 23.2 Å². The van der Waals surface area contributed by atoms with Crippen LogP contribution >= 0.6 is 23.2 Å². The van der Waals surface area contributed by atoms with Gasteiger partial charge in [0, 0.05) is 24.2 Å². The molecule has 0 heterocycles. The second-order valence-corrected chi connectivity index (χ2v) is 8.98. The van der Waals surface area contributed by atoms with Gasteiger partial charge in [-0.15, -0.1) is 0 Å². The fourth-order valence-corrected chi connectivity index (χ4v) is 4.00. The van der Waals surface area contributed by atoms with E-state index in [2.05, 4.69) is 5.32 Å². The standard InChI is InChI=1S/C18H20Cl2N2O3S/c1-12(2)11-21-18(23)13-4-9-16(20)17(10-13)26(24,25)22(3)15-7-5-14(19)6-8-15/h4-10,12H,11H2,1-3H3,(H,21,23). The van der Waals surface area contributed by atoms with Gasteiger partial charge in [-0.2, -0.15) is 0 Å². The van der Waals surface area contributed by atoms with Crippen LogP contribution in [0.4, 0.5) is 5.69 Å². The highest BCUT2D eigenvalue weighted by atomic mass is 35.5.